The first-order chi connectivity index (χ1) is 13.3. The summed E-state index contributed by atoms with van der Waals surface area (Å²) in [4.78, 5) is 14.3. The van der Waals surface area contributed by atoms with Gasteiger partial charge >= 0.3 is 0 Å². The zero-order valence-electron chi connectivity index (χ0n) is 16.9. The minimum Gasteiger partial charge on any atom is -0.487 e. The van der Waals surface area contributed by atoms with E-state index in [1.165, 1.54) is 16.7 Å². The number of benzene rings is 2. The molecule has 0 spiro atoms. The third kappa shape index (κ3) is 3.87. The molecule has 0 saturated carbocycles. The number of hydrogen-bond acceptors (Lipinski definition) is 4. The second-order valence-corrected chi connectivity index (χ2v) is 9.26. The average molecular weight is 396 g/mol. The van der Waals surface area contributed by atoms with Crippen LogP contribution in [-0.2, 0) is 6.42 Å². The summed E-state index contributed by atoms with van der Waals surface area (Å²) in [6.07, 6.45) is 0.936. The summed E-state index contributed by atoms with van der Waals surface area (Å²) in [5.41, 5.74) is 4.32. The smallest absolute Gasteiger partial charge is 0.159 e. The molecule has 148 valence electrons. The molecule has 28 heavy (non-hydrogen) atoms. The monoisotopic (exact) mass is 396 g/mol. The molecule has 0 aliphatic carbocycles. The molecule has 4 rings (SSSR count). The van der Waals surface area contributed by atoms with Crippen LogP contribution in [0.25, 0.3) is 0 Å². The molecule has 2 atom stereocenters. The fourth-order valence-electron chi connectivity index (χ4n) is 4.34. The van der Waals surface area contributed by atoms with Gasteiger partial charge in [-0.2, -0.15) is 0 Å². The first kappa shape index (κ1) is 19.6. The van der Waals surface area contributed by atoms with Crippen molar-refractivity contribution in [2.45, 2.75) is 38.8 Å². The largest absolute Gasteiger partial charge is 0.487 e. The van der Waals surface area contributed by atoms with E-state index in [0.717, 1.165) is 43.9 Å². The van der Waals surface area contributed by atoms with Gasteiger partial charge < -0.3 is 4.74 Å². The van der Waals surface area contributed by atoms with Crippen LogP contribution in [0, 0.1) is 0 Å². The van der Waals surface area contributed by atoms with E-state index in [0.29, 0.717) is 0 Å². The van der Waals surface area contributed by atoms with Crippen LogP contribution >= 0.6 is 9.39 Å². The lowest BCUT2D eigenvalue weighted by atomic mass is 9.92. The van der Waals surface area contributed by atoms with Crippen molar-refractivity contribution >= 4 is 15.2 Å². The predicted molar refractivity (Wildman–Crippen MR) is 116 cm³/mol. The van der Waals surface area contributed by atoms with E-state index in [-0.39, 0.29) is 17.4 Å². The van der Waals surface area contributed by atoms with Gasteiger partial charge in [-0.25, -0.2) is 0 Å². The number of nitrogens with zero attached hydrogens (tertiary/aromatic N) is 2. The Bertz CT molecular complexity index is 871. The van der Waals surface area contributed by atoms with Gasteiger partial charge in [0.1, 0.15) is 11.4 Å². The maximum absolute atomic E-state index is 11.7. The lowest BCUT2D eigenvalue weighted by molar-refractivity contribution is 0.101. The molecule has 5 heteroatoms. The highest BCUT2D eigenvalue weighted by Gasteiger charge is 2.35. The van der Waals surface area contributed by atoms with Crippen molar-refractivity contribution in [3.63, 3.8) is 0 Å². The third-order valence-corrected chi connectivity index (χ3v) is 6.28. The van der Waals surface area contributed by atoms with Crippen molar-refractivity contribution in [3.8, 4) is 5.75 Å². The molecule has 0 N–H and O–H groups in total. The maximum Gasteiger partial charge on any atom is 0.159 e. The Hall–Kier alpha value is -1.74. The Labute approximate surface area is 170 Å². The van der Waals surface area contributed by atoms with Gasteiger partial charge in [0.25, 0.3) is 0 Å². The number of piperazine rings is 1. The molecule has 0 bridgehead atoms. The van der Waals surface area contributed by atoms with E-state index < -0.39 is 0 Å². The average Bonchev–Trinajstić information content (AvgIpc) is 2.98. The SMILES string of the molecule is CC(=O)c1ccc(C(c2cccc3c2OC(C)(C)C3)N2CCN(P)CC2)cc1. The predicted octanol–water partition coefficient (Wildman–Crippen LogP) is 4.10. The number of rotatable bonds is 4. The lowest BCUT2D eigenvalue weighted by Gasteiger charge is -2.39. The van der Waals surface area contributed by atoms with Crippen LogP contribution in [0.3, 0.4) is 0 Å². The summed E-state index contributed by atoms with van der Waals surface area (Å²) >= 11 is 0. The highest BCUT2D eigenvalue weighted by atomic mass is 31.0. The zero-order chi connectivity index (χ0) is 19.9. The number of ether oxygens (including phenoxy) is 1. The van der Waals surface area contributed by atoms with Crippen molar-refractivity contribution in [3.05, 3.63) is 64.7 Å². The third-order valence-electron chi connectivity index (χ3n) is 5.76. The van der Waals surface area contributed by atoms with Crippen LogP contribution in [0.15, 0.2) is 42.5 Å². The molecule has 2 aromatic rings. The van der Waals surface area contributed by atoms with Crippen LogP contribution in [-0.4, -0.2) is 47.1 Å². The second-order valence-electron chi connectivity index (χ2n) is 8.53. The Balaban J connectivity index is 1.77. The molecule has 0 amide bonds. The molecule has 2 heterocycles. The van der Waals surface area contributed by atoms with Crippen molar-refractivity contribution in [1.82, 2.24) is 9.57 Å². The normalized spacial score (nSPS) is 20.4. The molecule has 2 aliphatic heterocycles. The van der Waals surface area contributed by atoms with Crippen LogP contribution < -0.4 is 4.74 Å². The highest BCUT2D eigenvalue weighted by molar-refractivity contribution is 7.13. The fraction of sp³-hybridized carbons (Fsp3) is 0.435. The minimum absolute atomic E-state index is 0.102. The van der Waals surface area contributed by atoms with Crippen molar-refractivity contribution in [1.29, 1.82) is 0 Å². The molecule has 4 nitrogen and oxygen atoms in total. The first-order valence-corrected chi connectivity index (χ1v) is 10.5. The van der Waals surface area contributed by atoms with E-state index in [9.17, 15) is 4.79 Å². The van der Waals surface area contributed by atoms with Gasteiger partial charge in [0.15, 0.2) is 5.78 Å². The van der Waals surface area contributed by atoms with Gasteiger partial charge in [-0.1, -0.05) is 51.9 Å². The molecule has 1 fully saturated rings. The molecular formula is C23H29N2O2P. The van der Waals surface area contributed by atoms with Gasteiger partial charge in [0.05, 0.1) is 6.04 Å². The molecule has 2 unspecified atom stereocenters. The molecule has 2 aliphatic rings. The van der Waals surface area contributed by atoms with Gasteiger partial charge in [-0.3, -0.25) is 14.4 Å². The number of carbonyl (C=O) groups is 1. The number of ketones is 1. The van der Waals surface area contributed by atoms with Crippen molar-refractivity contribution in [2.24, 2.45) is 0 Å². The summed E-state index contributed by atoms with van der Waals surface area (Å²) in [5, 5.41) is 0. The summed E-state index contributed by atoms with van der Waals surface area (Å²) in [7, 11) is 2.82. The van der Waals surface area contributed by atoms with E-state index in [2.05, 4.69) is 63.1 Å². The molecule has 0 radical (unpaired) electrons. The van der Waals surface area contributed by atoms with Gasteiger partial charge in [0, 0.05) is 43.7 Å². The standard InChI is InChI=1S/C23H29N2O2P/c1-16(26)17-7-9-18(10-8-17)21(24-11-13-25(28)14-12-24)20-6-4-5-19-15-23(2,3)27-22(19)20/h4-10,21H,11-15,28H2,1-3H3. The number of para-hydroxylation sites is 1. The van der Waals surface area contributed by atoms with E-state index >= 15 is 0 Å². The topological polar surface area (TPSA) is 32.8 Å². The molecule has 1 saturated heterocycles. The van der Waals surface area contributed by atoms with Crippen LogP contribution in [0.1, 0.15) is 53.9 Å². The highest BCUT2D eigenvalue weighted by Crippen LogP contribution is 2.43. The van der Waals surface area contributed by atoms with Crippen LogP contribution in [0.5, 0.6) is 5.75 Å². The number of Topliss-reactive ketones (excluding diaryl/α,β-unsaturated/α-hetero) is 1. The van der Waals surface area contributed by atoms with Crippen molar-refractivity contribution < 1.29 is 9.53 Å². The summed E-state index contributed by atoms with van der Waals surface area (Å²) < 4.78 is 8.70. The maximum atomic E-state index is 11.7. The summed E-state index contributed by atoms with van der Waals surface area (Å²) in [6.45, 7) is 9.96. The Kier molecular flexibility index (Phi) is 5.30. The molecule has 0 aromatic heterocycles. The van der Waals surface area contributed by atoms with Crippen molar-refractivity contribution in [2.75, 3.05) is 26.2 Å². The van der Waals surface area contributed by atoms with Crippen LogP contribution in [0.4, 0.5) is 0 Å². The second kappa shape index (κ2) is 7.59. The van der Waals surface area contributed by atoms with E-state index in [1.807, 2.05) is 12.1 Å². The number of hydrogen-bond donors (Lipinski definition) is 0. The molecule has 2 aromatic carbocycles. The van der Waals surface area contributed by atoms with Gasteiger partial charge in [-0.05, 0) is 31.9 Å². The summed E-state index contributed by atoms with van der Waals surface area (Å²) in [5.74, 6) is 1.15. The van der Waals surface area contributed by atoms with E-state index in [1.54, 1.807) is 6.92 Å². The molecular weight excluding hydrogens is 367 g/mol. The zero-order valence-corrected chi connectivity index (χ0v) is 18.1. The quantitative estimate of drug-likeness (QED) is 0.575. The Morgan fingerprint density at radius 3 is 2.39 bits per heavy atom. The number of carbonyl (C=O) groups excluding carboxylic acids is 1. The lowest BCUT2D eigenvalue weighted by Crippen LogP contribution is -2.44. The first-order valence-electron chi connectivity index (χ1n) is 9.99. The Morgan fingerprint density at radius 1 is 1.07 bits per heavy atom. The van der Waals surface area contributed by atoms with Gasteiger partial charge in [0.2, 0.25) is 0 Å². The van der Waals surface area contributed by atoms with Crippen LogP contribution in [0.2, 0.25) is 0 Å². The fourth-order valence-corrected chi connectivity index (χ4v) is 4.57. The van der Waals surface area contributed by atoms with Gasteiger partial charge in [-0.15, -0.1) is 0 Å². The Morgan fingerprint density at radius 2 is 1.75 bits per heavy atom. The summed E-state index contributed by atoms with van der Waals surface area (Å²) in [6, 6.07) is 14.8. The number of fused-ring (bicyclic) bond motifs is 1. The van der Waals surface area contributed by atoms with E-state index in [4.69, 9.17) is 4.74 Å². The minimum atomic E-state index is -0.166.